The zero-order chi connectivity index (χ0) is 24.8. The third-order valence-corrected chi connectivity index (χ3v) is 5.91. The van der Waals surface area contributed by atoms with Gasteiger partial charge in [0.25, 0.3) is 5.91 Å². The highest BCUT2D eigenvalue weighted by molar-refractivity contribution is 6.10. The second kappa shape index (κ2) is 11.2. The molecule has 9 heteroatoms. The molecule has 184 valence electrons. The highest BCUT2D eigenvalue weighted by atomic mass is 16.5. The molecule has 0 aliphatic carbocycles. The molecule has 1 aliphatic heterocycles. The number of nitrogens with one attached hydrogen (secondary N) is 2. The number of para-hydroxylation sites is 1. The Morgan fingerprint density at radius 3 is 2.46 bits per heavy atom. The molecular formula is C26H32N6O3. The minimum atomic E-state index is -0.262. The van der Waals surface area contributed by atoms with Crippen molar-refractivity contribution in [1.82, 2.24) is 19.9 Å². The molecule has 4 rings (SSSR count). The SMILES string of the molecule is Cc1cccc(NC(=O)c2ccccc2NC(=O)CN2CCN(Cc3nc(C(C)C)no3)CC2)c1. The van der Waals surface area contributed by atoms with Crippen LogP contribution in [-0.4, -0.2) is 64.5 Å². The van der Waals surface area contributed by atoms with E-state index < -0.39 is 0 Å². The van der Waals surface area contributed by atoms with Gasteiger partial charge in [-0.2, -0.15) is 4.98 Å². The van der Waals surface area contributed by atoms with Crippen molar-refractivity contribution >= 4 is 23.2 Å². The van der Waals surface area contributed by atoms with Crippen LogP contribution < -0.4 is 10.6 Å². The summed E-state index contributed by atoms with van der Waals surface area (Å²) >= 11 is 0. The van der Waals surface area contributed by atoms with Crippen molar-refractivity contribution in [2.45, 2.75) is 33.2 Å². The van der Waals surface area contributed by atoms with E-state index in [1.807, 2.05) is 45.0 Å². The summed E-state index contributed by atoms with van der Waals surface area (Å²) in [5, 5.41) is 9.83. The maximum Gasteiger partial charge on any atom is 0.257 e. The standard InChI is InChI=1S/C26H32N6O3/c1-18(2)25-29-24(35-30-25)17-32-13-11-31(12-14-32)16-23(33)28-22-10-5-4-9-21(22)26(34)27-20-8-6-7-19(3)15-20/h4-10,15,18H,11-14,16-17H2,1-3H3,(H,27,34)(H,28,33). The first-order chi connectivity index (χ1) is 16.9. The van der Waals surface area contributed by atoms with Gasteiger partial charge in [-0.3, -0.25) is 19.4 Å². The number of nitrogens with zero attached hydrogens (tertiary/aromatic N) is 4. The molecule has 9 nitrogen and oxygen atoms in total. The molecule has 2 amide bonds. The normalized spacial score (nSPS) is 14.7. The zero-order valence-corrected chi connectivity index (χ0v) is 20.5. The number of hydrogen-bond acceptors (Lipinski definition) is 7. The number of benzene rings is 2. The molecule has 0 bridgehead atoms. The average Bonchev–Trinajstić information content (AvgIpc) is 3.29. The molecule has 1 fully saturated rings. The number of aryl methyl sites for hydroxylation is 1. The molecule has 35 heavy (non-hydrogen) atoms. The lowest BCUT2D eigenvalue weighted by atomic mass is 10.1. The van der Waals surface area contributed by atoms with Gasteiger partial charge in [-0.15, -0.1) is 0 Å². The summed E-state index contributed by atoms with van der Waals surface area (Å²) in [6.07, 6.45) is 0. The van der Waals surface area contributed by atoms with Crippen LogP contribution in [0.2, 0.25) is 0 Å². The van der Waals surface area contributed by atoms with Crippen LogP contribution in [0.1, 0.15) is 47.4 Å². The van der Waals surface area contributed by atoms with E-state index in [-0.39, 0.29) is 24.3 Å². The Hall–Kier alpha value is -3.56. The molecule has 0 spiro atoms. The Morgan fingerprint density at radius 1 is 1.00 bits per heavy atom. The number of hydrogen-bond donors (Lipinski definition) is 2. The highest BCUT2D eigenvalue weighted by Crippen LogP contribution is 2.18. The van der Waals surface area contributed by atoms with Crippen LogP contribution in [-0.2, 0) is 11.3 Å². The quantitative estimate of drug-likeness (QED) is 0.513. The molecular weight excluding hydrogens is 444 g/mol. The van der Waals surface area contributed by atoms with Crippen molar-refractivity contribution in [1.29, 1.82) is 0 Å². The third-order valence-electron chi connectivity index (χ3n) is 5.91. The largest absolute Gasteiger partial charge is 0.338 e. The van der Waals surface area contributed by atoms with Crippen LogP contribution in [0, 0.1) is 6.92 Å². The number of carbonyl (C=O) groups excluding carboxylic acids is 2. The Balaban J connectivity index is 1.28. The molecule has 2 heterocycles. The van der Waals surface area contributed by atoms with Gasteiger partial charge in [0.2, 0.25) is 11.8 Å². The summed E-state index contributed by atoms with van der Waals surface area (Å²) in [5.74, 6) is 1.18. The Morgan fingerprint density at radius 2 is 1.74 bits per heavy atom. The van der Waals surface area contributed by atoms with E-state index in [9.17, 15) is 9.59 Å². The number of carbonyl (C=O) groups is 2. The fourth-order valence-corrected chi connectivity index (χ4v) is 3.97. The van der Waals surface area contributed by atoms with Gasteiger partial charge >= 0.3 is 0 Å². The van der Waals surface area contributed by atoms with Crippen LogP contribution in [0.25, 0.3) is 0 Å². The molecule has 0 unspecified atom stereocenters. The van der Waals surface area contributed by atoms with Crippen molar-refractivity contribution in [3.05, 3.63) is 71.4 Å². The van der Waals surface area contributed by atoms with Gasteiger partial charge in [0, 0.05) is 37.8 Å². The van der Waals surface area contributed by atoms with E-state index in [0.717, 1.165) is 43.3 Å². The van der Waals surface area contributed by atoms with Crippen molar-refractivity contribution in [2.24, 2.45) is 0 Å². The van der Waals surface area contributed by atoms with Gasteiger partial charge in [0.05, 0.1) is 24.3 Å². The molecule has 1 saturated heterocycles. The van der Waals surface area contributed by atoms with Gasteiger partial charge in [-0.05, 0) is 36.8 Å². The third kappa shape index (κ3) is 6.74. The second-order valence-corrected chi connectivity index (χ2v) is 9.17. The van der Waals surface area contributed by atoms with Gasteiger partial charge < -0.3 is 15.2 Å². The molecule has 0 radical (unpaired) electrons. The smallest absolute Gasteiger partial charge is 0.257 e. The maximum atomic E-state index is 12.8. The fraction of sp³-hybridized carbons (Fsp3) is 0.385. The first kappa shape index (κ1) is 24.6. The van der Waals surface area contributed by atoms with Crippen LogP contribution >= 0.6 is 0 Å². The maximum absolute atomic E-state index is 12.8. The predicted octanol–water partition coefficient (Wildman–Crippen LogP) is 3.51. The lowest BCUT2D eigenvalue weighted by Crippen LogP contribution is -2.48. The van der Waals surface area contributed by atoms with Crippen molar-refractivity contribution in [2.75, 3.05) is 43.4 Å². The van der Waals surface area contributed by atoms with Gasteiger partial charge in [-0.25, -0.2) is 0 Å². The number of piperazine rings is 1. The molecule has 3 aromatic rings. The predicted molar refractivity (Wildman–Crippen MR) is 134 cm³/mol. The average molecular weight is 477 g/mol. The first-order valence-corrected chi connectivity index (χ1v) is 11.9. The molecule has 2 N–H and O–H groups in total. The van der Waals surface area contributed by atoms with Crippen LogP contribution in [0.4, 0.5) is 11.4 Å². The first-order valence-electron chi connectivity index (χ1n) is 11.9. The molecule has 1 aromatic heterocycles. The van der Waals surface area contributed by atoms with Gasteiger partial charge in [-0.1, -0.05) is 43.3 Å². The van der Waals surface area contributed by atoms with E-state index in [1.165, 1.54) is 0 Å². The summed E-state index contributed by atoms with van der Waals surface area (Å²) in [7, 11) is 0. The number of anilines is 2. The zero-order valence-electron chi connectivity index (χ0n) is 20.5. The van der Waals surface area contributed by atoms with E-state index in [2.05, 4.69) is 30.6 Å². The summed E-state index contributed by atoms with van der Waals surface area (Å²) in [6, 6.07) is 14.7. The van der Waals surface area contributed by atoms with E-state index in [1.54, 1.807) is 24.3 Å². The van der Waals surface area contributed by atoms with Gasteiger partial charge in [0.1, 0.15) is 0 Å². The lowest BCUT2D eigenvalue weighted by Gasteiger charge is -2.33. The summed E-state index contributed by atoms with van der Waals surface area (Å²) < 4.78 is 5.35. The summed E-state index contributed by atoms with van der Waals surface area (Å²) in [6.45, 7) is 10.0. The summed E-state index contributed by atoms with van der Waals surface area (Å²) in [5.41, 5.74) is 2.70. The van der Waals surface area contributed by atoms with E-state index in [0.29, 0.717) is 23.7 Å². The Kier molecular flexibility index (Phi) is 7.89. The molecule has 0 saturated carbocycles. The van der Waals surface area contributed by atoms with Crippen molar-refractivity contribution < 1.29 is 14.1 Å². The highest BCUT2D eigenvalue weighted by Gasteiger charge is 2.22. The van der Waals surface area contributed by atoms with Gasteiger partial charge in [0.15, 0.2) is 5.82 Å². The lowest BCUT2D eigenvalue weighted by molar-refractivity contribution is -0.117. The molecule has 0 atom stereocenters. The van der Waals surface area contributed by atoms with Crippen molar-refractivity contribution in [3.8, 4) is 0 Å². The Bertz CT molecular complexity index is 1170. The monoisotopic (exact) mass is 476 g/mol. The topological polar surface area (TPSA) is 104 Å². The van der Waals surface area contributed by atoms with Crippen LogP contribution in [0.5, 0.6) is 0 Å². The molecule has 2 aromatic carbocycles. The van der Waals surface area contributed by atoms with Crippen LogP contribution in [0.15, 0.2) is 53.1 Å². The summed E-state index contributed by atoms with van der Waals surface area (Å²) in [4.78, 5) is 34.4. The number of rotatable bonds is 8. The van der Waals surface area contributed by atoms with E-state index in [4.69, 9.17) is 4.52 Å². The number of amides is 2. The minimum Gasteiger partial charge on any atom is -0.338 e. The van der Waals surface area contributed by atoms with E-state index >= 15 is 0 Å². The second-order valence-electron chi connectivity index (χ2n) is 9.17. The molecule has 1 aliphatic rings. The number of aromatic nitrogens is 2. The Labute approximate surface area is 205 Å². The van der Waals surface area contributed by atoms with Crippen molar-refractivity contribution in [3.63, 3.8) is 0 Å². The van der Waals surface area contributed by atoms with Crippen LogP contribution in [0.3, 0.4) is 0 Å². The minimum absolute atomic E-state index is 0.146. The fourth-order valence-electron chi connectivity index (χ4n) is 3.97.